The van der Waals surface area contributed by atoms with Gasteiger partial charge in [0.25, 0.3) is 0 Å². The Labute approximate surface area is 146 Å². The number of ether oxygens (including phenoxy) is 1. The highest BCUT2D eigenvalue weighted by molar-refractivity contribution is 9.10. The lowest BCUT2D eigenvalue weighted by molar-refractivity contribution is 0.291. The molecule has 0 saturated carbocycles. The molecule has 2 aromatic carbocycles. The zero-order chi connectivity index (χ0) is 15.2. The molecule has 1 atom stereocenters. The quantitative estimate of drug-likeness (QED) is 0.511. The summed E-state index contributed by atoms with van der Waals surface area (Å²) < 4.78 is 6.73. The smallest absolute Gasteiger partial charge is 0.123 e. The topological polar surface area (TPSA) is 9.23 Å². The predicted molar refractivity (Wildman–Crippen MR) is 94.9 cm³/mol. The molecule has 2 aromatic rings. The summed E-state index contributed by atoms with van der Waals surface area (Å²) in [5, 5.41) is 0.752. The van der Waals surface area contributed by atoms with Crippen LogP contribution in [0.1, 0.15) is 35.4 Å². The first-order chi connectivity index (χ1) is 9.88. The van der Waals surface area contributed by atoms with E-state index in [9.17, 15) is 0 Å². The van der Waals surface area contributed by atoms with Crippen molar-refractivity contribution in [3.05, 3.63) is 62.6 Å². The van der Waals surface area contributed by atoms with Crippen LogP contribution in [0.2, 0.25) is 5.02 Å². The van der Waals surface area contributed by atoms with Gasteiger partial charge in [-0.3, -0.25) is 0 Å². The molecule has 1 nitrogen and oxygen atoms in total. The minimum Gasteiger partial charge on any atom is -0.492 e. The van der Waals surface area contributed by atoms with Crippen molar-refractivity contribution in [3.63, 3.8) is 0 Å². The van der Waals surface area contributed by atoms with Crippen LogP contribution in [-0.4, -0.2) is 6.61 Å². The van der Waals surface area contributed by atoms with Crippen molar-refractivity contribution in [1.29, 1.82) is 0 Å². The summed E-state index contributed by atoms with van der Waals surface area (Å²) in [6.45, 7) is 5.15. The van der Waals surface area contributed by atoms with Gasteiger partial charge >= 0.3 is 0 Å². The Hall–Kier alpha value is -0.510. The van der Waals surface area contributed by atoms with E-state index >= 15 is 0 Å². The van der Waals surface area contributed by atoms with E-state index in [-0.39, 0.29) is 10.2 Å². The number of rotatable bonds is 2. The predicted octanol–water partition coefficient (Wildman–Crippen LogP) is 6.26. The fraction of sp³-hybridized carbons (Fsp3) is 0.294. The third kappa shape index (κ3) is 2.88. The van der Waals surface area contributed by atoms with Gasteiger partial charge in [0.15, 0.2) is 0 Å². The summed E-state index contributed by atoms with van der Waals surface area (Å²) in [6.07, 6.45) is 0. The Morgan fingerprint density at radius 1 is 1.19 bits per heavy atom. The number of hydrogen-bond acceptors (Lipinski definition) is 1. The molecule has 1 unspecified atom stereocenters. The molecule has 0 aliphatic carbocycles. The molecule has 21 heavy (non-hydrogen) atoms. The van der Waals surface area contributed by atoms with Crippen LogP contribution < -0.4 is 4.74 Å². The lowest BCUT2D eigenvalue weighted by Gasteiger charge is -2.18. The summed E-state index contributed by atoms with van der Waals surface area (Å²) in [7, 11) is 0. The Balaban J connectivity index is 2.01. The lowest BCUT2D eigenvalue weighted by atomic mass is 9.85. The molecule has 0 fully saturated rings. The maximum Gasteiger partial charge on any atom is 0.123 e. The van der Waals surface area contributed by atoms with E-state index in [1.165, 1.54) is 11.1 Å². The van der Waals surface area contributed by atoms with Gasteiger partial charge < -0.3 is 4.74 Å². The maximum absolute atomic E-state index is 6.36. The van der Waals surface area contributed by atoms with Gasteiger partial charge in [-0.1, -0.05) is 69.4 Å². The molecule has 0 N–H and O–H groups in total. The maximum atomic E-state index is 6.36. The van der Waals surface area contributed by atoms with Crippen LogP contribution in [-0.2, 0) is 5.41 Å². The van der Waals surface area contributed by atoms with Crippen LogP contribution in [0.5, 0.6) is 5.75 Å². The molecular formula is C17H15Br2ClO. The number of halogens is 3. The molecular weight excluding hydrogens is 415 g/mol. The van der Waals surface area contributed by atoms with E-state index in [4.69, 9.17) is 16.3 Å². The standard InChI is InChI=1S/C17H15Br2ClO/c1-17(2)9-21-15-6-3-10(7-13(15)17)16(19)12-5-4-11(18)8-14(12)20/h3-8,16H,9H2,1-2H3. The highest BCUT2D eigenvalue weighted by atomic mass is 79.9. The zero-order valence-corrected chi connectivity index (χ0v) is 15.7. The van der Waals surface area contributed by atoms with Crippen molar-refractivity contribution in [2.24, 2.45) is 0 Å². The van der Waals surface area contributed by atoms with Crippen LogP contribution in [0.3, 0.4) is 0 Å². The third-order valence-corrected chi connectivity index (χ3v) is 5.69. The molecule has 0 radical (unpaired) electrons. The van der Waals surface area contributed by atoms with E-state index in [1.807, 2.05) is 18.2 Å². The Kier molecular flexibility index (Phi) is 4.10. The lowest BCUT2D eigenvalue weighted by Crippen LogP contribution is -2.18. The van der Waals surface area contributed by atoms with Crippen molar-refractivity contribution in [2.45, 2.75) is 24.1 Å². The molecule has 0 amide bonds. The second-order valence-electron chi connectivity index (χ2n) is 5.96. The molecule has 110 valence electrons. The van der Waals surface area contributed by atoms with Gasteiger partial charge in [0, 0.05) is 20.5 Å². The Morgan fingerprint density at radius 3 is 2.67 bits per heavy atom. The summed E-state index contributed by atoms with van der Waals surface area (Å²) in [5.74, 6) is 0.991. The molecule has 0 spiro atoms. The van der Waals surface area contributed by atoms with E-state index in [0.717, 1.165) is 27.4 Å². The van der Waals surface area contributed by atoms with Gasteiger partial charge in [0.2, 0.25) is 0 Å². The van der Waals surface area contributed by atoms with Crippen molar-refractivity contribution in [1.82, 2.24) is 0 Å². The van der Waals surface area contributed by atoms with Gasteiger partial charge in [-0.15, -0.1) is 0 Å². The Morgan fingerprint density at radius 2 is 1.95 bits per heavy atom. The van der Waals surface area contributed by atoms with Crippen molar-refractivity contribution < 1.29 is 4.74 Å². The van der Waals surface area contributed by atoms with Crippen LogP contribution in [0.15, 0.2) is 40.9 Å². The summed E-state index contributed by atoms with van der Waals surface area (Å²) in [4.78, 5) is 0.0693. The minimum absolute atomic E-state index is 0.0571. The van der Waals surface area contributed by atoms with Crippen LogP contribution in [0.4, 0.5) is 0 Å². The summed E-state index contributed by atoms with van der Waals surface area (Å²) >= 11 is 13.6. The third-order valence-electron chi connectivity index (χ3n) is 3.85. The molecule has 3 rings (SSSR count). The SMILES string of the molecule is CC1(C)COc2ccc(C(Br)c3ccc(Br)cc3Cl)cc21. The first-order valence-corrected chi connectivity index (χ1v) is 8.83. The number of benzene rings is 2. The summed E-state index contributed by atoms with van der Waals surface area (Å²) in [6, 6.07) is 12.3. The van der Waals surface area contributed by atoms with Gasteiger partial charge in [-0.2, -0.15) is 0 Å². The van der Waals surface area contributed by atoms with E-state index in [1.54, 1.807) is 0 Å². The van der Waals surface area contributed by atoms with Gasteiger partial charge in [0.05, 0.1) is 11.4 Å². The molecule has 1 aliphatic rings. The Bertz CT molecular complexity index is 697. The van der Waals surface area contributed by atoms with Gasteiger partial charge in [-0.05, 0) is 35.4 Å². The van der Waals surface area contributed by atoms with Crippen molar-refractivity contribution in [3.8, 4) is 5.75 Å². The van der Waals surface area contributed by atoms with E-state index in [0.29, 0.717) is 0 Å². The first-order valence-electron chi connectivity index (χ1n) is 6.75. The second kappa shape index (κ2) is 5.60. The molecule has 1 heterocycles. The first kappa shape index (κ1) is 15.4. The monoisotopic (exact) mass is 428 g/mol. The highest BCUT2D eigenvalue weighted by Gasteiger charge is 2.32. The molecule has 0 bridgehead atoms. The zero-order valence-electron chi connectivity index (χ0n) is 11.8. The average Bonchev–Trinajstić information content (AvgIpc) is 2.74. The molecule has 1 aliphatic heterocycles. The molecule has 4 heteroatoms. The van der Waals surface area contributed by atoms with Gasteiger partial charge in [-0.25, -0.2) is 0 Å². The van der Waals surface area contributed by atoms with E-state index < -0.39 is 0 Å². The van der Waals surface area contributed by atoms with E-state index in [2.05, 4.69) is 63.9 Å². The molecule has 0 saturated heterocycles. The van der Waals surface area contributed by atoms with Crippen LogP contribution >= 0.6 is 43.5 Å². The van der Waals surface area contributed by atoms with Crippen LogP contribution in [0, 0.1) is 0 Å². The molecule has 0 aromatic heterocycles. The van der Waals surface area contributed by atoms with Gasteiger partial charge in [0.1, 0.15) is 5.75 Å². The normalized spacial score (nSPS) is 17.2. The fourth-order valence-corrected chi connectivity index (χ4v) is 4.18. The number of fused-ring (bicyclic) bond motifs is 1. The number of hydrogen-bond donors (Lipinski definition) is 0. The highest BCUT2D eigenvalue weighted by Crippen LogP contribution is 2.43. The van der Waals surface area contributed by atoms with Crippen molar-refractivity contribution >= 4 is 43.5 Å². The summed E-state index contributed by atoms with van der Waals surface area (Å²) in [5.41, 5.74) is 3.58. The van der Waals surface area contributed by atoms with Crippen LogP contribution in [0.25, 0.3) is 0 Å². The largest absolute Gasteiger partial charge is 0.492 e. The minimum atomic E-state index is 0.0571. The fourth-order valence-electron chi connectivity index (χ4n) is 2.58. The second-order valence-corrected chi connectivity index (χ2v) is 8.20. The average molecular weight is 431 g/mol. The number of alkyl halides is 1. The van der Waals surface area contributed by atoms with Crippen molar-refractivity contribution in [2.75, 3.05) is 6.61 Å².